The zero-order chi connectivity index (χ0) is 15.7. The lowest BCUT2D eigenvalue weighted by Gasteiger charge is -2.35. The minimum absolute atomic E-state index is 0.181. The van der Waals surface area contributed by atoms with Crippen molar-refractivity contribution in [1.29, 1.82) is 0 Å². The highest BCUT2D eigenvalue weighted by Gasteiger charge is 2.34. The van der Waals surface area contributed by atoms with Gasteiger partial charge in [-0.25, -0.2) is 4.79 Å². The van der Waals surface area contributed by atoms with Gasteiger partial charge < -0.3 is 24.4 Å². The summed E-state index contributed by atoms with van der Waals surface area (Å²) in [7, 11) is 1.51. The predicted octanol–water partition coefficient (Wildman–Crippen LogP) is -0.257. The van der Waals surface area contributed by atoms with Gasteiger partial charge >= 0.3 is 5.97 Å². The van der Waals surface area contributed by atoms with Crippen LogP contribution in [0.25, 0.3) is 0 Å². The quantitative estimate of drug-likeness (QED) is 0.792. The van der Waals surface area contributed by atoms with Crippen LogP contribution in [-0.4, -0.2) is 57.9 Å². The number of aromatic nitrogens is 1. The first-order valence-corrected chi connectivity index (χ1v) is 6.38. The molecule has 8 nitrogen and oxygen atoms in total. The van der Waals surface area contributed by atoms with Gasteiger partial charge in [-0.15, -0.1) is 0 Å². The number of pyridine rings is 1. The first kappa shape index (κ1) is 15.0. The molecule has 114 valence electrons. The van der Waals surface area contributed by atoms with Crippen LogP contribution in [0.15, 0.2) is 11.0 Å². The second-order valence-corrected chi connectivity index (χ2v) is 4.87. The van der Waals surface area contributed by atoms with Gasteiger partial charge in [0.05, 0.1) is 6.61 Å². The molecular weight excluding hydrogens is 280 g/mol. The maximum atomic E-state index is 12.4. The van der Waals surface area contributed by atoms with Crippen molar-refractivity contribution < 1.29 is 24.5 Å². The monoisotopic (exact) mass is 296 g/mol. The van der Waals surface area contributed by atoms with Gasteiger partial charge in [0.25, 0.3) is 5.91 Å². The molecule has 0 aliphatic carbocycles. The van der Waals surface area contributed by atoms with Crippen LogP contribution in [-0.2, 0) is 11.3 Å². The third kappa shape index (κ3) is 2.49. The van der Waals surface area contributed by atoms with Gasteiger partial charge in [0.2, 0.25) is 5.43 Å². The third-order valence-corrected chi connectivity index (χ3v) is 3.48. The maximum Gasteiger partial charge on any atom is 0.341 e. The number of methoxy groups -OCH3 is 1. The first-order chi connectivity index (χ1) is 9.88. The number of amides is 1. The summed E-state index contributed by atoms with van der Waals surface area (Å²) < 4.78 is 6.25. The summed E-state index contributed by atoms with van der Waals surface area (Å²) in [4.78, 5) is 36.7. The van der Waals surface area contributed by atoms with Crippen LogP contribution >= 0.6 is 0 Å². The molecule has 1 aliphatic heterocycles. The number of fused-ring (bicyclic) bond motifs is 1. The fourth-order valence-corrected chi connectivity index (χ4v) is 2.40. The first-order valence-electron chi connectivity index (χ1n) is 6.38. The highest BCUT2D eigenvalue weighted by molar-refractivity contribution is 5.97. The third-order valence-electron chi connectivity index (χ3n) is 3.48. The molecule has 1 atom stereocenters. The van der Waals surface area contributed by atoms with E-state index in [1.807, 2.05) is 0 Å². The summed E-state index contributed by atoms with van der Waals surface area (Å²) in [5, 5.41) is 18.9. The molecule has 0 aromatic carbocycles. The SMILES string of the molecule is COCCN1C(=O)c2c(O)c(=O)c(C(=O)O)cn2CC1C. The molecule has 1 amide bonds. The van der Waals surface area contributed by atoms with Crippen LogP contribution in [0.5, 0.6) is 5.75 Å². The number of carboxylic acid groups (broad SMARTS) is 1. The zero-order valence-corrected chi connectivity index (χ0v) is 11.7. The van der Waals surface area contributed by atoms with E-state index in [-0.39, 0.29) is 11.7 Å². The molecule has 2 rings (SSSR count). The summed E-state index contributed by atoms with van der Waals surface area (Å²) in [5.41, 5.74) is -1.79. The molecule has 8 heteroatoms. The maximum absolute atomic E-state index is 12.4. The van der Waals surface area contributed by atoms with E-state index >= 15 is 0 Å². The van der Waals surface area contributed by atoms with Crippen LogP contribution in [0.2, 0.25) is 0 Å². The molecule has 0 radical (unpaired) electrons. The lowest BCUT2D eigenvalue weighted by molar-refractivity contribution is 0.0523. The standard InChI is InChI=1S/C13H16N2O6/c1-7-5-14-6-8(13(19)20)10(16)11(17)9(14)12(18)15(7)3-4-21-2/h6-7,17H,3-5H2,1-2H3,(H,19,20). The minimum atomic E-state index is -1.44. The number of hydrogen-bond acceptors (Lipinski definition) is 5. The fraction of sp³-hybridized carbons (Fsp3) is 0.462. The Labute approximate surface area is 120 Å². The van der Waals surface area contributed by atoms with Crippen LogP contribution in [0, 0.1) is 0 Å². The molecule has 1 unspecified atom stereocenters. The Morgan fingerprint density at radius 2 is 2.14 bits per heavy atom. The van der Waals surface area contributed by atoms with Crippen LogP contribution in [0.3, 0.4) is 0 Å². The van der Waals surface area contributed by atoms with Crippen molar-refractivity contribution in [3.05, 3.63) is 27.7 Å². The van der Waals surface area contributed by atoms with Crippen LogP contribution < -0.4 is 5.43 Å². The zero-order valence-electron chi connectivity index (χ0n) is 11.7. The molecule has 0 spiro atoms. The Balaban J connectivity index is 2.53. The van der Waals surface area contributed by atoms with Crippen LogP contribution in [0.1, 0.15) is 27.8 Å². The smallest absolute Gasteiger partial charge is 0.341 e. The molecule has 1 aromatic rings. The Morgan fingerprint density at radius 1 is 1.48 bits per heavy atom. The highest BCUT2D eigenvalue weighted by Crippen LogP contribution is 2.23. The average molecular weight is 296 g/mol. The Hall–Kier alpha value is -2.35. The van der Waals surface area contributed by atoms with E-state index < -0.39 is 28.6 Å². The molecule has 0 fully saturated rings. The molecule has 0 saturated heterocycles. The Kier molecular flexibility index (Phi) is 3.99. The van der Waals surface area contributed by atoms with Crippen molar-refractivity contribution in [3.8, 4) is 5.75 Å². The van der Waals surface area contributed by atoms with E-state index in [1.165, 1.54) is 16.6 Å². The van der Waals surface area contributed by atoms with Crippen molar-refractivity contribution in [1.82, 2.24) is 9.47 Å². The molecule has 21 heavy (non-hydrogen) atoms. The number of nitrogens with zero attached hydrogens (tertiary/aromatic N) is 2. The van der Waals surface area contributed by atoms with Gasteiger partial charge in [-0.2, -0.15) is 0 Å². The van der Waals surface area contributed by atoms with Crippen LogP contribution in [0.4, 0.5) is 0 Å². The molecule has 0 bridgehead atoms. The van der Waals surface area contributed by atoms with Gasteiger partial charge in [-0.1, -0.05) is 0 Å². The van der Waals surface area contributed by atoms with Gasteiger partial charge in [0.15, 0.2) is 11.4 Å². The number of aromatic carboxylic acids is 1. The summed E-state index contributed by atoms with van der Waals surface area (Å²) in [6.07, 6.45) is 1.10. The lowest BCUT2D eigenvalue weighted by atomic mass is 10.1. The molecule has 2 heterocycles. The molecule has 1 aromatic heterocycles. The van der Waals surface area contributed by atoms with Crippen molar-refractivity contribution in [2.45, 2.75) is 19.5 Å². The second-order valence-electron chi connectivity index (χ2n) is 4.87. The minimum Gasteiger partial charge on any atom is -0.503 e. The highest BCUT2D eigenvalue weighted by atomic mass is 16.5. The van der Waals surface area contributed by atoms with Gasteiger partial charge in [0, 0.05) is 32.4 Å². The number of ether oxygens (including phenoxy) is 1. The number of hydrogen-bond donors (Lipinski definition) is 2. The fourth-order valence-electron chi connectivity index (χ4n) is 2.40. The Morgan fingerprint density at radius 3 is 2.71 bits per heavy atom. The largest absolute Gasteiger partial charge is 0.503 e. The predicted molar refractivity (Wildman–Crippen MR) is 71.7 cm³/mol. The number of rotatable bonds is 4. The molecule has 0 saturated carbocycles. The average Bonchev–Trinajstić information content (AvgIpc) is 2.41. The van der Waals surface area contributed by atoms with Gasteiger partial charge in [0.1, 0.15) is 5.56 Å². The number of aromatic hydroxyl groups is 1. The number of carbonyl (C=O) groups is 2. The van der Waals surface area contributed by atoms with Crippen molar-refractivity contribution in [3.63, 3.8) is 0 Å². The van der Waals surface area contributed by atoms with E-state index in [9.17, 15) is 19.5 Å². The summed E-state index contributed by atoms with van der Waals surface area (Å²) in [6.45, 7) is 2.74. The van der Waals surface area contributed by atoms with Crippen molar-refractivity contribution in [2.24, 2.45) is 0 Å². The van der Waals surface area contributed by atoms with E-state index in [4.69, 9.17) is 9.84 Å². The summed E-state index contributed by atoms with van der Waals surface area (Å²) in [6, 6.07) is -0.205. The summed E-state index contributed by atoms with van der Waals surface area (Å²) >= 11 is 0. The Bertz CT molecular complexity index is 651. The van der Waals surface area contributed by atoms with E-state index in [1.54, 1.807) is 6.92 Å². The van der Waals surface area contributed by atoms with E-state index in [0.717, 1.165) is 6.20 Å². The van der Waals surface area contributed by atoms with Gasteiger partial charge in [-0.05, 0) is 6.92 Å². The van der Waals surface area contributed by atoms with E-state index in [0.29, 0.717) is 19.7 Å². The van der Waals surface area contributed by atoms with Crippen molar-refractivity contribution >= 4 is 11.9 Å². The number of carbonyl (C=O) groups excluding carboxylic acids is 1. The molecular formula is C13H16N2O6. The number of carboxylic acids is 1. The molecule has 1 aliphatic rings. The van der Waals surface area contributed by atoms with Gasteiger partial charge in [-0.3, -0.25) is 9.59 Å². The normalized spacial score (nSPS) is 17.7. The summed E-state index contributed by atoms with van der Waals surface area (Å²) in [5.74, 6) is -2.78. The lowest BCUT2D eigenvalue weighted by Crippen LogP contribution is -2.49. The van der Waals surface area contributed by atoms with E-state index in [2.05, 4.69) is 0 Å². The second kappa shape index (κ2) is 5.57. The van der Waals surface area contributed by atoms with Crippen molar-refractivity contribution in [2.75, 3.05) is 20.3 Å². The molecule has 2 N–H and O–H groups in total. The topological polar surface area (TPSA) is 109 Å².